The number of guanidine groups is 1. The number of hydrogen-bond donors (Lipinski definition) is 2. The van der Waals surface area contributed by atoms with Crippen molar-refractivity contribution in [3.05, 3.63) is 23.8 Å². The lowest BCUT2D eigenvalue weighted by Gasteiger charge is -2.13. The zero-order valence-electron chi connectivity index (χ0n) is 15.9. The van der Waals surface area contributed by atoms with Crippen LogP contribution in [0.15, 0.2) is 23.2 Å². The van der Waals surface area contributed by atoms with E-state index in [-0.39, 0.29) is 24.0 Å². The first kappa shape index (κ1) is 23.8. The van der Waals surface area contributed by atoms with Gasteiger partial charge in [0.25, 0.3) is 0 Å². The lowest BCUT2D eigenvalue weighted by atomic mass is 10.2. The molecule has 0 saturated heterocycles. The van der Waals surface area contributed by atoms with Gasteiger partial charge >= 0.3 is 0 Å². The van der Waals surface area contributed by atoms with Crippen LogP contribution in [-0.4, -0.2) is 46.5 Å². The average Bonchev–Trinajstić information content (AvgIpc) is 2.58. The van der Waals surface area contributed by atoms with Crippen molar-refractivity contribution in [3.63, 3.8) is 0 Å². The Labute approximate surface area is 168 Å². The predicted octanol–water partition coefficient (Wildman–Crippen LogP) is 3.05. The van der Waals surface area contributed by atoms with Crippen LogP contribution >= 0.6 is 24.0 Å². The van der Waals surface area contributed by atoms with Crippen LogP contribution in [0.5, 0.6) is 11.5 Å². The van der Waals surface area contributed by atoms with Crippen LogP contribution in [-0.2, 0) is 11.3 Å². The third-order valence-electron chi connectivity index (χ3n) is 3.20. The van der Waals surface area contributed by atoms with E-state index < -0.39 is 0 Å². The van der Waals surface area contributed by atoms with E-state index in [1.165, 1.54) is 0 Å². The smallest absolute Gasteiger partial charge is 0.191 e. The SMILES string of the molecule is CCNC(=NCc1ccc(OC)c(OC)c1)NCCOCC(C)C.I. The van der Waals surface area contributed by atoms with Crippen molar-refractivity contribution in [1.82, 2.24) is 10.6 Å². The van der Waals surface area contributed by atoms with Crippen molar-refractivity contribution in [1.29, 1.82) is 0 Å². The van der Waals surface area contributed by atoms with Gasteiger partial charge in [-0.05, 0) is 30.5 Å². The standard InChI is InChI=1S/C18H31N3O3.HI/c1-6-19-18(20-9-10-24-13-14(2)3)21-12-15-7-8-16(22-4)17(11-15)23-5;/h7-8,11,14H,6,9-10,12-13H2,1-5H3,(H2,19,20,21);1H. The second-order valence-electron chi connectivity index (χ2n) is 5.78. The zero-order chi connectivity index (χ0) is 17.8. The Kier molecular flexibility index (Phi) is 13.3. The second-order valence-corrected chi connectivity index (χ2v) is 5.78. The van der Waals surface area contributed by atoms with E-state index in [4.69, 9.17) is 14.2 Å². The number of halogens is 1. The van der Waals surface area contributed by atoms with E-state index in [1.54, 1.807) is 14.2 Å². The van der Waals surface area contributed by atoms with Gasteiger partial charge in [0.2, 0.25) is 0 Å². The summed E-state index contributed by atoms with van der Waals surface area (Å²) >= 11 is 0. The van der Waals surface area contributed by atoms with Crippen molar-refractivity contribution >= 4 is 29.9 Å². The molecule has 0 saturated carbocycles. The Hall–Kier alpha value is -1.22. The van der Waals surface area contributed by atoms with Crippen LogP contribution in [0, 0.1) is 5.92 Å². The number of benzene rings is 1. The van der Waals surface area contributed by atoms with Gasteiger partial charge in [-0.15, -0.1) is 24.0 Å². The number of methoxy groups -OCH3 is 2. The Balaban J connectivity index is 0.00000576. The quantitative estimate of drug-likeness (QED) is 0.241. The number of nitrogens with zero attached hydrogens (tertiary/aromatic N) is 1. The number of hydrogen-bond acceptors (Lipinski definition) is 4. The van der Waals surface area contributed by atoms with Crippen molar-refractivity contribution in [2.75, 3.05) is 40.5 Å². The van der Waals surface area contributed by atoms with Gasteiger partial charge in [0.15, 0.2) is 17.5 Å². The molecule has 0 aromatic heterocycles. The summed E-state index contributed by atoms with van der Waals surface area (Å²) in [7, 11) is 3.26. The third-order valence-corrected chi connectivity index (χ3v) is 3.20. The fraction of sp³-hybridized carbons (Fsp3) is 0.611. The molecular formula is C18H32IN3O3. The highest BCUT2D eigenvalue weighted by atomic mass is 127. The molecule has 25 heavy (non-hydrogen) atoms. The minimum Gasteiger partial charge on any atom is -0.493 e. The predicted molar refractivity (Wildman–Crippen MR) is 113 cm³/mol. The molecule has 0 bridgehead atoms. The maximum Gasteiger partial charge on any atom is 0.191 e. The van der Waals surface area contributed by atoms with Crippen molar-refractivity contribution in [2.24, 2.45) is 10.9 Å². The first-order chi connectivity index (χ1) is 11.6. The molecule has 7 heteroatoms. The Morgan fingerprint density at radius 2 is 1.84 bits per heavy atom. The third kappa shape index (κ3) is 9.74. The summed E-state index contributed by atoms with van der Waals surface area (Å²) in [6, 6.07) is 5.82. The van der Waals surface area contributed by atoms with Crippen LogP contribution < -0.4 is 20.1 Å². The molecule has 0 aliphatic carbocycles. The summed E-state index contributed by atoms with van der Waals surface area (Å²) < 4.78 is 16.1. The summed E-state index contributed by atoms with van der Waals surface area (Å²) in [5, 5.41) is 6.50. The van der Waals surface area contributed by atoms with Crippen LogP contribution in [0.4, 0.5) is 0 Å². The molecule has 0 spiro atoms. The lowest BCUT2D eigenvalue weighted by Crippen LogP contribution is -2.39. The van der Waals surface area contributed by atoms with Crippen LogP contribution in [0.3, 0.4) is 0 Å². The molecule has 144 valence electrons. The molecule has 0 aliphatic heterocycles. The highest BCUT2D eigenvalue weighted by molar-refractivity contribution is 14.0. The summed E-state index contributed by atoms with van der Waals surface area (Å²) in [5.41, 5.74) is 1.06. The summed E-state index contributed by atoms with van der Waals surface area (Å²) in [4.78, 5) is 4.59. The van der Waals surface area contributed by atoms with Crippen LogP contribution in [0.2, 0.25) is 0 Å². The molecule has 0 amide bonds. The summed E-state index contributed by atoms with van der Waals surface area (Å²) in [6.07, 6.45) is 0. The number of rotatable bonds is 10. The fourth-order valence-corrected chi connectivity index (χ4v) is 2.05. The molecular weight excluding hydrogens is 433 g/mol. The summed E-state index contributed by atoms with van der Waals surface area (Å²) in [6.45, 7) is 9.87. The van der Waals surface area contributed by atoms with E-state index in [2.05, 4.69) is 29.5 Å². The zero-order valence-corrected chi connectivity index (χ0v) is 18.3. The second kappa shape index (κ2) is 14.0. The topological polar surface area (TPSA) is 64.1 Å². The molecule has 0 fully saturated rings. The molecule has 1 aromatic carbocycles. The van der Waals surface area contributed by atoms with Crippen LogP contribution in [0.1, 0.15) is 26.3 Å². The normalized spacial score (nSPS) is 11.0. The first-order valence-corrected chi connectivity index (χ1v) is 8.41. The Bertz CT molecular complexity index is 510. The van der Waals surface area contributed by atoms with Gasteiger partial charge in [-0.1, -0.05) is 19.9 Å². The number of ether oxygens (including phenoxy) is 3. The molecule has 0 radical (unpaired) electrons. The van der Waals surface area contributed by atoms with E-state index in [1.807, 2.05) is 25.1 Å². The maximum atomic E-state index is 5.57. The van der Waals surface area contributed by atoms with Gasteiger partial charge in [0.05, 0.1) is 27.4 Å². The fourth-order valence-electron chi connectivity index (χ4n) is 2.05. The average molecular weight is 465 g/mol. The highest BCUT2D eigenvalue weighted by Gasteiger charge is 2.04. The Morgan fingerprint density at radius 1 is 1.12 bits per heavy atom. The lowest BCUT2D eigenvalue weighted by molar-refractivity contribution is 0.114. The van der Waals surface area contributed by atoms with Gasteiger partial charge < -0.3 is 24.8 Å². The van der Waals surface area contributed by atoms with Gasteiger partial charge in [-0.2, -0.15) is 0 Å². The molecule has 0 unspecified atom stereocenters. The van der Waals surface area contributed by atoms with Gasteiger partial charge in [0, 0.05) is 19.7 Å². The molecule has 6 nitrogen and oxygen atoms in total. The molecule has 2 N–H and O–H groups in total. The molecule has 1 aromatic rings. The van der Waals surface area contributed by atoms with Gasteiger partial charge in [0.1, 0.15) is 0 Å². The minimum atomic E-state index is 0. The largest absolute Gasteiger partial charge is 0.493 e. The maximum absolute atomic E-state index is 5.57. The van der Waals surface area contributed by atoms with Crippen LogP contribution in [0.25, 0.3) is 0 Å². The molecule has 0 heterocycles. The van der Waals surface area contributed by atoms with E-state index in [0.717, 1.165) is 37.0 Å². The van der Waals surface area contributed by atoms with Crippen molar-refractivity contribution < 1.29 is 14.2 Å². The molecule has 0 atom stereocenters. The monoisotopic (exact) mass is 465 g/mol. The summed E-state index contributed by atoms with van der Waals surface area (Å²) in [5.74, 6) is 2.76. The molecule has 1 rings (SSSR count). The minimum absolute atomic E-state index is 0. The first-order valence-electron chi connectivity index (χ1n) is 8.41. The van der Waals surface area contributed by atoms with Crippen molar-refractivity contribution in [2.45, 2.75) is 27.3 Å². The van der Waals surface area contributed by atoms with E-state index in [0.29, 0.717) is 24.8 Å². The van der Waals surface area contributed by atoms with Gasteiger partial charge in [-0.25, -0.2) is 4.99 Å². The van der Waals surface area contributed by atoms with Gasteiger partial charge in [-0.3, -0.25) is 0 Å². The van der Waals surface area contributed by atoms with Crippen molar-refractivity contribution in [3.8, 4) is 11.5 Å². The highest BCUT2D eigenvalue weighted by Crippen LogP contribution is 2.27. The van der Waals surface area contributed by atoms with E-state index in [9.17, 15) is 0 Å². The number of aliphatic imine (C=N–C) groups is 1. The Morgan fingerprint density at radius 3 is 2.44 bits per heavy atom. The van der Waals surface area contributed by atoms with E-state index >= 15 is 0 Å². The number of nitrogens with one attached hydrogen (secondary N) is 2. The molecule has 0 aliphatic rings.